The van der Waals surface area contributed by atoms with Crippen LogP contribution in [0.4, 0.5) is 0 Å². The molecule has 0 atom stereocenters. The summed E-state index contributed by atoms with van der Waals surface area (Å²) in [6.45, 7) is 0.687. The predicted molar refractivity (Wildman–Crippen MR) is 88.3 cm³/mol. The molecule has 1 saturated carbocycles. The van der Waals surface area contributed by atoms with Crippen molar-refractivity contribution in [1.29, 1.82) is 0 Å². The van der Waals surface area contributed by atoms with E-state index in [1.54, 1.807) is 16.0 Å². The Kier molecular flexibility index (Phi) is 4.47. The molecule has 1 aliphatic carbocycles. The Morgan fingerprint density at radius 3 is 2.91 bits per heavy atom. The van der Waals surface area contributed by atoms with Crippen LogP contribution in [0.2, 0.25) is 0 Å². The number of hydrogen-bond donors (Lipinski definition) is 1. The smallest absolute Gasteiger partial charge is 0.280 e. The number of hydrogen-bond acceptors (Lipinski definition) is 7. The van der Waals surface area contributed by atoms with Gasteiger partial charge in [-0.3, -0.25) is 0 Å². The van der Waals surface area contributed by atoms with E-state index in [9.17, 15) is 0 Å². The van der Waals surface area contributed by atoms with E-state index in [0.29, 0.717) is 24.0 Å². The van der Waals surface area contributed by atoms with Crippen LogP contribution >= 0.6 is 23.7 Å². The summed E-state index contributed by atoms with van der Waals surface area (Å²) < 4.78 is 7.09. The molecule has 0 amide bonds. The first-order chi connectivity index (χ1) is 10.7. The molecule has 0 aliphatic heterocycles. The predicted octanol–water partition coefficient (Wildman–Crippen LogP) is 2.59. The molecule has 0 unspecified atom stereocenters. The van der Waals surface area contributed by atoms with Gasteiger partial charge in [0, 0.05) is 4.88 Å². The van der Waals surface area contributed by atoms with Gasteiger partial charge < -0.3 is 10.3 Å². The van der Waals surface area contributed by atoms with Crippen molar-refractivity contribution >= 4 is 23.7 Å². The van der Waals surface area contributed by atoms with Gasteiger partial charge in [-0.05, 0) is 24.3 Å². The van der Waals surface area contributed by atoms with Crippen LogP contribution in [0.1, 0.15) is 36.4 Å². The second-order valence-corrected chi connectivity index (χ2v) is 6.70. The maximum Gasteiger partial charge on any atom is 0.280 e. The van der Waals surface area contributed by atoms with Gasteiger partial charge in [-0.25, -0.2) is 4.68 Å². The van der Waals surface area contributed by atoms with Crippen molar-refractivity contribution in [2.45, 2.75) is 37.8 Å². The largest absolute Gasteiger partial charge is 0.332 e. The molecule has 7 nitrogen and oxygen atoms in total. The van der Waals surface area contributed by atoms with Crippen LogP contribution in [0.3, 0.4) is 0 Å². The van der Waals surface area contributed by atoms with Crippen LogP contribution < -0.4 is 5.73 Å². The van der Waals surface area contributed by atoms with Gasteiger partial charge in [-0.2, -0.15) is 4.98 Å². The lowest BCUT2D eigenvalue weighted by Gasteiger charge is -2.17. The molecular formula is C14H17ClN6OS. The van der Waals surface area contributed by atoms with E-state index in [0.717, 1.165) is 25.7 Å². The first-order valence-corrected chi connectivity index (χ1v) is 8.17. The van der Waals surface area contributed by atoms with Gasteiger partial charge in [0.1, 0.15) is 0 Å². The molecule has 3 aromatic rings. The third-order valence-electron chi connectivity index (χ3n) is 4.02. The lowest BCUT2D eigenvalue weighted by atomic mass is 9.99. The molecule has 3 heterocycles. The zero-order chi connectivity index (χ0) is 15.0. The average Bonchev–Trinajstić information content (AvgIpc) is 3.27. The molecule has 122 valence electrons. The molecule has 0 bridgehead atoms. The molecule has 0 radical (unpaired) electrons. The first kappa shape index (κ1) is 16.1. The minimum atomic E-state index is -0.450. The molecule has 23 heavy (non-hydrogen) atoms. The highest BCUT2D eigenvalue weighted by Gasteiger charge is 2.36. The highest BCUT2D eigenvalue weighted by molar-refractivity contribution is 7.09. The van der Waals surface area contributed by atoms with E-state index in [-0.39, 0.29) is 12.4 Å². The molecular weight excluding hydrogens is 336 g/mol. The fraction of sp³-hybridized carbons (Fsp3) is 0.429. The van der Waals surface area contributed by atoms with Gasteiger partial charge in [0.05, 0.1) is 18.3 Å². The topological polar surface area (TPSA) is 95.7 Å². The average molecular weight is 353 g/mol. The summed E-state index contributed by atoms with van der Waals surface area (Å²) in [6, 6.07) is 4.08. The van der Waals surface area contributed by atoms with Crippen molar-refractivity contribution in [3.63, 3.8) is 0 Å². The van der Waals surface area contributed by atoms with Crippen molar-refractivity contribution in [3.05, 3.63) is 34.4 Å². The van der Waals surface area contributed by atoms with Gasteiger partial charge in [0.15, 0.2) is 11.5 Å². The summed E-state index contributed by atoms with van der Waals surface area (Å²) in [5.74, 6) is 0.956. The molecule has 1 fully saturated rings. The van der Waals surface area contributed by atoms with E-state index < -0.39 is 5.54 Å². The lowest BCUT2D eigenvalue weighted by molar-refractivity contribution is 0.372. The number of nitrogens with zero attached hydrogens (tertiary/aromatic N) is 5. The summed E-state index contributed by atoms with van der Waals surface area (Å²) in [5.41, 5.74) is 6.47. The van der Waals surface area contributed by atoms with Crippen molar-refractivity contribution in [2.75, 3.05) is 0 Å². The Labute approximate surface area is 143 Å². The Hall–Kier alpha value is -1.77. The van der Waals surface area contributed by atoms with Gasteiger partial charge in [0.2, 0.25) is 0 Å². The summed E-state index contributed by atoms with van der Waals surface area (Å²) in [7, 11) is 0. The van der Waals surface area contributed by atoms with Crippen LogP contribution in [0, 0.1) is 0 Å². The molecule has 0 saturated heterocycles. The maximum atomic E-state index is 6.34. The van der Waals surface area contributed by atoms with E-state index in [1.165, 1.54) is 4.88 Å². The molecule has 0 aromatic carbocycles. The number of rotatable bonds is 4. The third-order valence-corrected chi connectivity index (χ3v) is 4.88. The zero-order valence-corrected chi connectivity index (χ0v) is 14.0. The standard InChI is InChI=1S/C14H16N6OS.ClH/c15-14(5-1-2-6-14)13-16-12(21-18-13)11-9-20(19-17-11)8-10-4-3-7-22-10;/h3-4,7,9H,1-2,5-6,8,15H2;1H. The molecule has 1 aliphatic rings. The Balaban J connectivity index is 0.00000156. The van der Waals surface area contributed by atoms with E-state index in [1.807, 2.05) is 17.6 Å². The molecule has 2 N–H and O–H groups in total. The summed E-state index contributed by atoms with van der Waals surface area (Å²) in [5, 5.41) is 14.3. The molecule has 3 aromatic heterocycles. The number of thiophene rings is 1. The second kappa shape index (κ2) is 6.38. The summed E-state index contributed by atoms with van der Waals surface area (Å²) in [4.78, 5) is 5.65. The van der Waals surface area contributed by atoms with Crippen molar-refractivity contribution in [1.82, 2.24) is 25.1 Å². The number of nitrogens with two attached hydrogens (primary N) is 1. The van der Waals surface area contributed by atoms with E-state index in [4.69, 9.17) is 10.3 Å². The number of halogens is 1. The molecule has 9 heteroatoms. The van der Waals surface area contributed by atoms with Crippen LogP contribution in [-0.2, 0) is 12.1 Å². The van der Waals surface area contributed by atoms with Gasteiger partial charge >= 0.3 is 0 Å². The molecule has 4 rings (SSSR count). The minimum Gasteiger partial charge on any atom is -0.332 e. The lowest BCUT2D eigenvalue weighted by Crippen LogP contribution is -2.34. The molecule has 0 spiro atoms. The fourth-order valence-corrected chi connectivity index (χ4v) is 3.49. The highest BCUT2D eigenvalue weighted by atomic mass is 35.5. The SMILES string of the molecule is Cl.NC1(c2noc(-c3cn(Cc4cccs4)nn3)n2)CCCC1. The van der Waals surface area contributed by atoms with Crippen molar-refractivity contribution in [3.8, 4) is 11.6 Å². The summed E-state index contributed by atoms with van der Waals surface area (Å²) in [6.07, 6.45) is 5.83. The van der Waals surface area contributed by atoms with Gasteiger partial charge in [-0.15, -0.1) is 28.8 Å². The van der Waals surface area contributed by atoms with Crippen LogP contribution in [0.5, 0.6) is 0 Å². The summed E-state index contributed by atoms with van der Waals surface area (Å²) >= 11 is 1.69. The van der Waals surface area contributed by atoms with Gasteiger partial charge in [-0.1, -0.05) is 29.3 Å². The zero-order valence-electron chi connectivity index (χ0n) is 12.4. The Morgan fingerprint density at radius 2 is 2.17 bits per heavy atom. The van der Waals surface area contributed by atoms with E-state index >= 15 is 0 Å². The Bertz CT molecular complexity index is 762. The van der Waals surface area contributed by atoms with Crippen LogP contribution in [0.25, 0.3) is 11.6 Å². The quantitative estimate of drug-likeness (QED) is 0.775. The van der Waals surface area contributed by atoms with E-state index in [2.05, 4.69) is 26.5 Å². The fourth-order valence-electron chi connectivity index (χ4n) is 2.80. The maximum absolute atomic E-state index is 6.34. The first-order valence-electron chi connectivity index (χ1n) is 7.29. The monoisotopic (exact) mass is 352 g/mol. The normalized spacial score (nSPS) is 16.4. The Morgan fingerprint density at radius 1 is 1.35 bits per heavy atom. The van der Waals surface area contributed by atoms with Crippen molar-refractivity contribution < 1.29 is 4.52 Å². The van der Waals surface area contributed by atoms with Crippen LogP contribution in [-0.4, -0.2) is 25.1 Å². The van der Waals surface area contributed by atoms with Crippen molar-refractivity contribution in [2.24, 2.45) is 5.73 Å². The van der Waals surface area contributed by atoms with Crippen LogP contribution in [0.15, 0.2) is 28.2 Å². The van der Waals surface area contributed by atoms with Gasteiger partial charge in [0.25, 0.3) is 5.89 Å². The number of aromatic nitrogens is 5. The highest BCUT2D eigenvalue weighted by Crippen LogP contribution is 2.35. The third kappa shape index (κ3) is 3.15. The second-order valence-electron chi connectivity index (χ2n) is 5.67. The minimum absolute atomic E-state index is 0.